The van der Waals surface area contributed by atoms with Crippen LogP contribution in [0.3, 0.4) is 0 Å². The van der Waals surface area contributed by atoms with E-state index in [0.717, 1.165) is 29.0 Å². The van der Waals surface area contributed by atoms with E-state index in [2.05, 4.69) is 9.97 Å². The summed E-state index contributed by atoms with van der Waals surface area (Å²) in [6, 6.07) is 1.86. The summed E-state index contributed by atoms with van der Waals surface area (Å²) in [5, 5.41) is 0. The molecule has 0 atom stereocenters. The van der Waals surface area contributed by atoms with Crippen LogP contribution in [-0.4, -0.2) is 9.97 Å². The third-order valence-corrected chi connectivity index (χ3v) is 2.70. The molecule has 0 aliphatic heterocycles. The fraction of sp³-hybridized carbons (Fsp3) is 0.333. The Hall–Kier alpha value is -1.84. The number of nitrogens with zero attached hydrogens (tertiary/aromatic N) is 2. The number of nitrogens with two attached hydrogens (primary N) is 1. The second-order valence-electron chi connectivity index (χ2n) is 3.74. The zero-order chi connectivity index (χ0) is 11.7. The van der Waals surface area contributed by atoms with Gasteiger partial charge in [-0.15, -0.1) is 0 Å². The monoisotopic (exact) mass is 217 g/mol. The lowest BCUT2D eigenvalue weighted by molar-refractivity contribution is 0.535. The van der Waals surface area contributed by atoms with Gasteiger partial charge in [-0.1, -0.05) is 6.92 Å². The predicted molar refractivity (Wildman–Crippen MR) is 63.0 cm³/mol. The maximum absolute atomic E-state index is 5.91. The van der Waals surface area contributed by atoms with Crippen LogP contribution in [0.1, 0.15) is 23.9 Å². The highest BCUT2D eigenvalue weighted by molar-refractivity contribution is 5.60. The van der Waals surface area contributed by atoms with Gasteiger partial charge in [0.15, 0.2) is 5.82 Å². The molecule has 2 heterocycles. The van der Waals surface area contributed by atoms with Gasteiger partial charge in [0.25, 0.3) is 0 Å². The van der Waals surface area contributed by atoms with Crippen molar-refractivity contribution in [2.75, 3.05) is 5.73 Å². The van der Waals surface area contributed by atoms with E-state index in [-0.39, 0.29) is 0 Å². The summed E-state index contributed by atoms with van der Waals surface area (Å²) in [6.45, 7) is 5.89. The molecule has 2 rings (SSSR count). The Kier molecular flexibility index (Phi) is 2.64. The zero-order valence-corrected chi connectivity index (χ0v) is 9.74. The quantitative estimate of drug-likeness (QED) is 0.839. The van der Waals surface area contributed by atoms with Crippen molar-refractivity contribution in [1.82, 2.24) is 9.97 Å². The summed E-state index contributed by atoms with van der Waals surface area (Å²) in [4.78, 5) is 8.77. The van der Waals surface area contributed by atoms with E-state index in [1.165, 1.54) is 0 Å². The molecule has 2 aromatic heterocycles. The summed E-state index contributed by atoms with van der Waals surface area (Å²) in [5.74, 6) is 2.01. The molecule has 0 spiro atoms. The average molecular weight is 217 g/mol. The Labute approximate surface area is 94.5 Å². The molecule has 4 heteroatoms. The van der Waals surface area contributed by atoms with E-state index in [0.29, 0.717) is 11.6 Å². The van der Waals surface area contributed by atoms with Gasteiger partial charge in [-0.3, -0.25) is 0 Å². The largest absolute Gasteiger partial charge is 0.469 e. The lowest BCUT2D eigenvalue weighted by Crippen LogP contribution is -2.04. The Morgan fingerprint density at radius 1 is 1.31 bits per heavy atom. The van der Waals surface area contributed by atoms with Crippen molar-refractivity contribution in [2.24, 2.45) is 0 Å². The molecule has 0 aromatic carbocycles. The van der Waals surface area contributed by atoms with Crippen molar-refractivity contribution >= 4 is 5.82 Å². The molecule has 84 valence electrons. The van der Waals surface area contributed by atoms with Crippen molar-refractivity contribution in [2.45, 2.75) is 27.2 Å². The SMILES string of the molecule is CCc1c(C)nc(-c2ccoc2C)nc1N. The lowest BCUT2D eigenvalue weighted by Gasteiger charge is -2.07. The predicted octanol–water partition coefficient (Wildman–Crippen LogP) is 2.50. The van der Waals surface area contributed by atoms with Crippen LogP contribution in [0, 0.1) is 13.8 Å². The van der Waals surface area contributed by atoms with Crippen molar-refractivity contribution in [3.8, 4) is 11.4 Å². The summed E-state index contributed by atoms with van der Waals surface area (Å²) < 4.78 is 5.23. The number of rotatable bonds is 2. The van der Waals surface area contributed by atoms with E-state index < -0.39 is 0 Å². The van der Waals surface area contributed by atoms with Crippen LogP contribution < -0.4 is 5.73 Å². The molecule has 0 saturated heterocycles. The van der Waals surface area contributed by atoms with E-state index in [4.69, 9.17) is 10.2 Å². The molecule has 2 aromatic rings. The average Bonchev–Trinajstić information content (AvgIpc) is 2.64. The topological polar surface area (TPSA) is 64.9 Å². The van der Waals surface area contributed by atoms with Gasteiger partial charge in [-0.25, -0.2) is 9.97 Å². The first kappa shape index (κ1) is 10.7. The van der Waals surface area contributed by atoms with Gasteiger partial charge < -0.3 is 10.2 Å². The minimum absolute atomic E-state index is 0.561. The number of nitrogen functional groups attached to an aromatic ring is 1. The fourth-order valence-corrected chi connectivity index (χ4v) is 1.79. The first-order valence-corrected chi connectivity index (χ1v) is 5.31. The smallest absolute Gasteiger partial charge is 0.165 e. The zero-order valence-electron chi connectivity index (χ0n) is 9.74. The Bertz CT molecular complexity index is 494. The Balaban J connectivity index is 2.57. The molecule has 4 nitrogen and oxygen atoms in total. The number of aryl methyl sites for hydroxylation is 2. The second kappa shape index (κ2) is 3.96. The van der Waals surface area contributed by atoms with Crippen LogP contribution in [0.4, 0.5) is 5.82 Å². The van der Waals surface area contributed by atoms with Crippen LogP contribution in [-0.2, 0) is 6.42 Å². The minimum atomic E-state index is 0.561. The van der Waals surface area contributed by atoms with Gasteiger partial charge in [0.2, 0.25) is 0 Å². The minimum Gasteiger partial charge on any atom is -0.469 e. The number of hydrogen-bond donors (Lipinski definition) is 1. The van der Waals surface area contributed by atoms with E-state index >= 15 is 0 Å². The molecule has 0 bridgehead atoms. The normalized spacial score (nSPS) is 10.7. The van der Waals surface area contributed by atoms with Crippen molar-refractivity contribution in [3.63, 3.8) is 0 Å². The van der Waals surface area contributed by atoms with Crippen molar-refractivity contribution < 1.29 is 4.42 Å². The van der Waals surface area contributed by atoms with Crippen LogP contribution in [0.25, 0.3) is 11.4 Å². The lowest BCUT2D eigenvalue weighted by atomic mass is 10.1. The van der Waals surface area contributed by atoms with Crippen LogP contribution in [0.5, 0.6) is 0 Å². The standard InChI is InChI=1S/C12H15N3O/c1-4-9-7(2)14-12(15-11(9)13)10-5-6-16-8(10)3/h5-6H,4H2,1-3H3,(H2,13,14,15). The maximum Gasteiger partial charge on any atom is 0.165 e. The Morgan fingerprint density at radius 2 is 2.06 bits per heavy atom. The molecular weight excluding hydrogens is 202 g/mol. The van der Waals surface area contributed by atoms with Crippen molar-refractivity contribution in [3.05, 3.63) is 29.3 Å². The maximum atomic E-state index is 5.91. The molecule has 2 N–H and O–H groups in total. The highest BCUT2D eigenvalue weighted by Crippen LogP contribution is 2.24. The van der Waals surface area contributed by atoms with E-state index in [1.54, 1.807) is 6.26 Å². The van der Waals surface area contributed by atoms with Crippen molar-refractivity contribution in [1.29, 1.82) is 0 Å². The number of furan rings is 1. The summed E-state index contributed by atoms with van der Waals surface area (Å²) in [6.07, 6.45) is 2.48. The molecule has 0 amide bonds. The third kappa shape index (κ3) is 1.66. The van der Waals surface area contributed by atoms with E-state index in [1.807, 2.05) is 26.8 Å². The van der Waals surface area contributed by atoms with Crippen LogP contribution >= 0.6 is 0 Å². The highest BCUT2D eigenvalue weighted by atomic mass is 16.3. The number of aromatic nitrogens is 2. The summed E-state index contributed by atoms with van der Waals surface area (Å²) in [7, 11) is 0. The summed E-state index contributed by atoms with van der Waals surface area (Å²) in [5.41, 5.74) is 8.76. The number of anilines is 1. The van der Waals surface area contributed by atoms with Gasteiger partial charge in [-0.05, 0) is 26.3 Å². The van der Waals surface area contributed by atoms with Gasteiger partial charge in [0.1, 0.15) is 11.6 Å². The van der Waals surface area contributed by atoms with Crippen LogP contribution in [0.2, 0.25) is 0 Å². The molecule has 0 saturated carbocycles. The molecule has 16 heavy (non-hydrogen) atoms. The molecular formula is C12H15N3O. The van der Waals surface area contributed by atoms with Gasteiger partial charge in [-0.2, -0.15) is 0 Å². The van der Waals surface area contributed by atoms with Crippen LogP contribution in [0.15, 0.2) is 16.7 Å². The van der Waals surface area contributed by atoms with Gasteiger partial charge in [0.05, 0.1) is 11.8 Å². The second-order valence-corrected chi connectivity index (χ2v) is 3.74. The highest BCUT2D eigenvalue weighted by Gasteiger charge is 2.12. The third-order valence-electron chi connectivity index (χ3n) is 2.70. The first-order valence-electron chi connectivity index (χ1n) is 5.31. The number of hydrogen-bond acceptors (Lipinski definition) is 4. The molecule has 0 aliphatic carbocycles. The summed E-state index contributed by atoms with van der Waals surface area (Å²) >= 11 is 0. The molecule has 0 radical (unpaired) electrons. The van der Waals surface area contributed by atoms with Gasteiger partial charge >= 0.3 is 0 Å². The fourth-order valence-electron chi connectivity index (χ4n) is 1.79. The molecule has 0 aliphatic rings. The van der Waals surface area contributed by atoms with Gasteiger partial charge in [0, 0.05) is 11.3 Å². The molecule has 0 unspecified atom stereocenters. The Morgan fingerprint density at radius 3 is 2.56 bits per heavy atom. The first-order chi connectivity index (χ1) is 7.63. The van der Waals surface area contributed by atoms with E-state index in [9.17, 15) is 0 Å². The molecule has 0 fully saturated rings.